The van der Waals surface area contributed by atoms with Gasteiger partial charge in [-0.1, -0.05) is 42.5 Å². The smallest absolute Gasteiger partial charge is 0.323 e. The highest BCUT2D eigenvalue weighted by Crippen LogP contribution is 2.51. The number of methoxy groups -OCH3 is 1. The minimum absolute atomic E-state index is 0.163. The van der Waals surface area contributed by atoms with Crippen LogP contribution in [0.4, 0.5) is 0 Å². The molecule has 3 aromatic rings. The zero-order valence-corrected chi connectivity index (χ0v) is 17.1. The van der Waals surface area contributed by atoms with Crippen LogP contribution in [0.1, 0.15) is 23.2 Å². The van der Waals surface area contributed by atoms with Gasteiger partial charge in [-0.25, -0.2) is 4.98 Å². The van der Waals surface area contributed by atoms with Crippen LogP contribution in [0.5, 0.6) is 0 Å². The zero-order chi connectivity index (χ0) is 22.2. The topological polar surface area (TPSA) is 116 Å². The number of para-hydroxylation sites is 2. The second-order valence-corrected chi connectivity index (χ2v) is 7.62. The second-order valence-electron chi connectivity index (χ2n) is 7.62. The number of aryl methyl sites for hydroxylation is 1. The Morgan fingerprint density at radius 3 is 2.61 bits per heavy atom. The first kappa shape index (κ1) is 20.5. The number of hydrogen-bond donors (Lipinski definition) is 1. The Labute approximate surface area is 178 Å². The molecule has 0 radical (unpaired) electrons. The monoisotopic (exact) mass is 422 g/mol. The third-order valence-electron chi connectivity index (χ3n) is 6.13. The number of esters is 1. The summed E-state index contributed by atoms with van der Waals surface area (Å²) in [6.45, 7) is -0.487. The lowest BCUT2D eigenvalue weighted by atomic mass is 9.65. The van der Waals surface area contributed by atoms with Crippen molar-refractivity contribution in [3.63, 3.8) is 0 Å². The van der Waals surface area contributed by atoms with Crippen LogP contribution < -0.4 is 5.32 Å². The molecule has 31 heavy (non-hydrogen) atoms. The molecule has 3 atom stereocenters. The van der Waals surface area contributed by atoms with Crippen LogP contribution in [0.15, 0.2) is 54.6 Å². The Bertz CT molecular complexity index is 1160. The third-order valence-corrected chi connectivity index (χ3v) is 6.13. The number of fused-ring (bicyclic) bond motifs is 1. The summed E-state index contributed by atoms with van der Waals surface area (Å²) in [5, 5.41) is 14.5. The molecule has 9 nitrogen and oxygen atoms in total. The number of rotatable bonds is 6. The van der Waals surface area contributed by atoms with Crippen molar-refractivity contribution in [3.05, 3.63) is 76.1 Å². The van der Waals surface area contributed by atoms with E-state index in [1.807, 2.05) is 24.3 Å². The van der Waals surface area contributed by atoms with E-state index in [9.17, 15) is 19.7 Å². The van der Waals surface area contributed by atoms with Crippen molar-refractivity contribution in [1.29, 1.82) is 0 Å². The van der Waals surface area contributed by atoms with E-state index in [1.54, 1.807) is 41.9 Å². The van der Waals surface area contributed by atoms with Crippen molar-refractivity contribution in [2.75, 3.05) is 20.2 Å². The maximum absolute atomic E-state index is 13.3. The highest BCUT2D eigenvalue weighted by atomic mass is 16.6. The van der Waals surface area contributed by atoms with E-state index in [0.29, 0.717) is 11.3 Å². The number of carbonyl (C=O) groups excluding carboxylic acids is 2. The molecule has 1 aliphatic rings. The molecule has 4 rings (SSSR count). The van der Waals surface area contributed by atoms with Crippen LogP contribution in [0.3, 0.4) is 0 Å². The molecule has 9 heteroatoms. The second kappa shape index (κ2) is 7.82. The van der Waals surface area contributed by atoms with Crippen molar-refractivity contribution in [2.24, 2.45) is 12.5 Å². The number of carbonyl (C=O) groups is 2. The molecule has 1 fully saturated rings. The summed E-state index contributed by atoms with van der Waals surface area (Å²) < 4.78 is 6.81. The fraction of sp³-hybridized carbons (Fsp3) is 0.318. The van der Waals surface area contributed by atoms with Crippen LogP contribution >= 0.6 is 0 Å². The molecular formula is C22H22N4O5. The summed E-state index contributed by atoms with van der Waals surface area (Å²) in [6.07, 6.45) is 0. The average molecular weight is 422 g/mol. The quantitative estimate of drug-likeness (QED) is 0.281. The number of benzene rings is 2. The highest BCUT2D eigenvalue weighted by molar-refractivity contribution is 6.06. The molecule has 1 aliphatic heterocycles. The molecule has 0 spiro atoms. The molecule has 1 aromatic heterocycles. The van der Waals surface area contributed by atoms with Crippen LogP contribution in [-0.2, 0) is 21.4 Å². The summed E-state index contributed by atoms with van der Waals surface area (Å²) in [6, 6.07) is 16.3. The molecule has 0 saturated carbocycles. The van der Waals surface area contributed by atoms with Crippen LogP contribution in [0, 0.1) is 15.5 Å². The number of hydrogen-bond acceptors (Lipinski definition) is 6. The Morgan fingerprint density at radius 2 is 1.97 bits per heavy atom. The SMILES string of the molecule is COC(=O)C1(C(C[N+](=O)[O-])c2nc3ccccc3n2C)C(=O)NCC1c1ccccc1. The van der Waals surface area contributed by atoms with Crippen molar-refractivity contribution >= 4 is 22.9 Å². The van der Waals surface area contributed by atoms with Crippen molar-refractivity contribution in [2.45, 2.75) is 11.8 Å². The number of amides is 1. The van der Waals surface area contributed by atoms with E-state index in [-0.39, 0.29) is 6.54 Å². The van der Waals surface area contributed by atoms with Crippen molar-refractivity contribution in [3.8, 4) is 0 Å². The molecule has 1 N–H and O–H groups in total. The van der Waals surface area contributed by atoms with Gasteiger partial charge in [-0.15, -0.1) is 0 Å². The van der Waals surface area contributed by atoms with E-state index in [4.69, 9.17) is 4.74 Å². The Hall–Kier alpha value is -3.75. The molecular weight excluding hydrogens is 400 g/mol. The van der Waals surface area contributed by atoms with E-state index in [1.165, 1.54) is 7.11 Å². The standard InChI is InChI=1S/C22H22N4O5/c1-25-18-11-7-6-10-17(18)24-19(25)16(13-26(29)30)22(21(28)31-2)15(12-23-20(22)27)14-8-4-3-5-9-14/h3-11,15-16H,12-13H2,1-2H3,(H,23,27). The van der Waals surface area contributed by atoms with Gasteiger partial charge in [0.1, 0.15) is 11.7 Å². The predicted octanol–water partition coefficient (Wildman–Crippen LogP) is 2.01. The molecule has 160 valence electrons. The molecule has 3 unspecified atom stereocenters. The lowest BCUT2D eigenvalue weighted by molar-refractivity contribution is -0.486. The zero-order valence-electron chi connectivity index (χ0n) is 17.1. The number of aromatic nitrogens is 2. The van der Waals surface area contributed by atoms with E-state index < -0.39 is 40.6 Å². The fourth-order valence-electron chi connectivity index (χ4n) is 4.73. The summed E-state index contributed by atoms with van der Waals surface area (Å²) >= 11 is 0. The van der Waals surface area contributed by atoms with E-state index in [2.05, 4.69) is 10.3 Å². The normalized spacial score (nSPS) is 21.6. The minimum Gasteiger partial charge on any atom is -0.468 e. The molecule has 1 amide bonds. The van der Waals surface area contributed by atoms with Crippen molar-refractivity contribution < 1.29 is 19.2 Å². The summed E-state index contributed by atoms with van der Waals surface area (Å²) in [5.74, 6) is -2.90. The lowest BCUT2D eigenvalue weighted by Gasteiger charge is -2.35. The van der Waals surface area contributed by atoms with Gasteiger partial charge in [0.05, 0.1) is 18.1 Å². The molecule has 2 aromatic carbocycles. The van der Waals surface area contributed by atoms with Crippen molar-refractivity contribution in [1.82, 2.24) is 14.9 Å². The first-order valence-electron chi connectivity index (χ1n) is 9.86. The van der Waals surface area contributed by atoms with Gasteiger partial charge in [0.2, 0.25) is 12.5 Å². The number of nitrogens with zero attached hydrogens (tertiary/aromatic N) is 3. The molecule has 2 heterocycles. The Morgan fingerprint density at radius 1 is 1.29 bits per heavy atom. The lowest BCUT2D eigenvalue weighted by Crippen LogP contribution is -2.50. The van der Waals surface area contributed by atoms with Crippen LogP contribution in [0.25, 0.3) is 11.0 Å². The number of nitro groups is 1. The van der Waals surface area contributed by atoms with Gasteiger partial charge >= 0.3 is 5.97 Å². The Kier molecular flexibility index (Phi) is 5.18. The molecule has 0 aliphatic carbocycles. The maximum Gasteiger partial charge on any atom is 0.323 e. The largest absolute Gasteiger partial charge is 0.468 e. The van der Waals surface area contributed by atoms with Gasteiger partial charge in [0.25, 0.3) is 0 Å². The molecule has 1 saturated heterocycles. The van der Waals surface area contributed by atoms with Gasteiger partial charge in [-0.2, -0.15) is 0 Å². The average Bonchev–Trinajstić information content (AvgIpc) is 3.30. The number of ether oxygens (including phenoxy) is 1. The summed E-state index contributed by atoms with van der Waals surface area (Å²) in [4.78, 5) is 42.5. The third kappa shape index (κ3) is 3.13. The number of imidazole rings is 1. The maximum atomic E-state index is 13.3. The first-order valence-corrected chi connectivity index (χ1v) is 9.86. The minimum atomic E-state index is -1.84. The number of nitrogens with one attached hydrogen (secondary N) is 1. The summed E-state index contributed by atoms with van der Waals surface area (Å²) in [5.41, 5.74) is 0.264. The predicted molar refractivity (Wildman–Crippen MR) is 112 cm³/mol. The Balaban J connectivity index is 2.00. The van der Waals surface area contributed by atoms with E-state index >= 15 is 0 Å². The van der Waals surface area contributed by atoms with Gasteiger partial charge in [0, 0.05) is 24.4 Å². The van der Waals surface area contributed by atoms with Gasteiger partial charge in [-0.3, -0.25) is 19.7 Å². The van der Waals surface area contributed by atoms with Crippen LogP contribution in [-0.4, -0.2) is 46.6 Å². The molecule has 0 bridgehead atoms. The highest BCUT2D eigenvalue weighted by Gasteiger charge is 2.65. The van der Waals surface area contributed by atoms with Gasteiger partial charge < -0.3 is 14.6 Å². The van der Waals surface area contributed by atoms with Gasteiger partial charge in [-0.05, 0) is 17.7 Å². The summed E-state index contributed by atoms with van der Waals surface area (Å²) in [7, 11) is 2.92. The first-order chi connectivity index (χ1) is 14.9. The van der Waals surface area contributed by atoms with Gasteiger partial charge in [0.15, 0.2) is 5.41 Å². The fourth-order valence-corrected chi connectivity index (χ4v) is 4.73. The van der Waals surface area contributed by atoms with Crippen LogP contribution in [0.2, 0.25) is 0 Å². The van der Waals surface area contributed by atoms with E-state index in [0.717, 1.165) is 11.1 Å².